The average molecular weight is 376 g/mol. The van der Waals surface area contributed by atoms with Gasteiger partial charge in [-0.2, -0.15) is 0 Å². The molecule has 2 N–H and O–H groups in total. The molecule has 0 saturated carbocycles. The summed E-state index contributed by atoms with van der Waals surface area (Å²) >= 11 is 0. The van der Waals surface area contributed by atoms with E-state index in [9.17, 15) is 9.59 Å². The lowest BCUT2D eigenvalue weighted by Crippen LogP contribution is -2.32. The molecule has 5 nitrogen and oxygen atoms in total. The van der Waals surface area contributed by atoms with Gasteiger partial charge in [0, 0.05) is 13.0 Å². The molecule has 0 spiro atoms. The van der Waals surface area contributed by atoms with Gasteiger partial charge in [0.05, 0.1) is 18.7 Å². The third-order valence-corrected chi connectivity index (χ3v) is 4.64. The Balaban J connectivity index is 1.51. The highest BCUT2D eigenvalue weighted by Crippen LogP contribution is 2.20. The Morgan fingerprint density at radius 2 is 1.68 bits per heavy atom. The van der Waals surface area contributed by atoms with Crippen molar-refractivity contribution in [3.8, 4) is 5.75 Å². The minimum Gasteiger partial charge on any atom is -0.496 e. The number of rotatable bonds is 7. The number of ether oxygens (including phenoxy) is 1. The van der Waals surface area contributed by atoms with Crippen molar-refractivity contribution in [2.75, 3.05) is 13.7 Å². The van der Waals surface area contributed by atoms with Crippen LogP contribution in [0.15, 0.2) is 66.7 Å². The van der Waals surface area contributed by atoms with E-state index in [1.54, 1.807) is 24.3 Å². The van der Waals surface area contributed by atoms with Crippen molar-refractivity contribution in [1.82, 2.24) is 10.6 Å². The van der Waals surface area contributed by atoms with Crippen LogP contribution in [0.1, 0.15) is 35.3 Å². The van der Waals surface area contributed by atoms with Gasteiger partial charge in [0.25, 0.3) is 5.91 Å². The number of fused-ring (bicyclic) bond motifs is 1. The van der Waals surface area contributed by atoms with E-state index >= 15 is 0 Å². The number of carbonyl (C=O) groups excluding carboxylic acids is 2. The predicted molar refractivity (Wildman–Crippen MR) is 110 cm³/mol. The summed E-state index contributed by atoms with van der Waals surface area (Å²) in [5, 5.41) is 8.06. The van der Waals surface area contributed by atoms with Crippen LogP contribution in [0.2, 0.25) is 0 Å². The average Bonchev–Trinajstić information content (AvgIpc) is 2.73. The van der Waals surface area contributed by atoms with E-state index in [0.29, 0.717) is 11.3 Å². The zero-order chi connectivity index (χ0) is 19.9. The van der Waals surface area contributed by atoms with Gasteiger partial charge >= 0.3 is 0 Å². The molecular formula is C23H24N2O3. The second kappa shape index (κ2) is 9.04. The van der Waals surface area contributed by atoms with E-state index in [0.717, 1.165) is 10.9 Å². The fraction of sp³-hybridized carbons (Fsp3) is 0.217. The van der Waals surface area contributed by atoms with Gasteiger partial charge in [-0.25, -0.2) is 0 Å². The molecule has 1 unspecified atom stereocenters. The van der Waals surface area contributed by atoms with Crippen molar-refractivity contribution in [3.05, 3.63) is 77.9 Å². The monoisotopic (exact) mass is 376 g/mol. The van der Waals surface area contributed by atoms with E-state index < -0.39 is 0 Å². The maximum Gasteiger partial charge on any atom is 0.255 e. The molecule has 144 valence electrons. The highest BCUT2D eigenvalue weighted by atomic mass is 16.5. The first-order valence-corrected chi connectivity index (χ1v) is 9.28. The molecule has 0 fully saturated rings. The largest absolute Gasteiger partial charge is 0.496 e. The molecule has 3 aromatic carbocycles. The number of amides is 2. The number of methoxy groups -OCH3 is 1. The van der Waals surface area contributed by atoms with Crippen molar-refractivity contribution >= 4 is 22.6 Å². The molecule has 28 heavy (non-hydrogen) atoms. The second-order valence-electron chi connectivity index (χ2n) is 6.60. The summed E-state index contributed by atoms with van der Waals surface area (Å²) in [6, 6.07) is 21.2. The van der Waals surface area contributed by atoms with E-state index in [4.69, 9.17) is 4.74 Å². The molecule has 3 aromatic rings. The Hall–Kier alpha value is -3.34. The molecule has 0 heterocycles. The quantitative estimate of drug-likeness (QED) is 0.658. The highest BCUT2D eigenvalue weighted by molar-refractivity contribution is 5.97. The zero-order valence-electron chi connectivity index (χ0n) is 16.1. The van der Waals surface area contributed by atoms with Crippen molar-refractivity contribution < 1.29 is 14.3 Å². The van der Waals surface area contributed by atoms with E-state index in [2.05, 4.69) is 34.9 Å². The molecule has 5 heteroatoms. The Morgan fingerprint density at radius 3 is 2.46 bits per heavy atom. The maximum absolute atomic E-state index is 12.3. The first-order chi connectivity index (χ1) is 13.6. The molecule has 0 saturated heterocycles. The lowest BCUT2D eigenvalue weighted by Gasteiger charge is -2.15. The van der Waals surface area contributed by atoms with Crippen molar-refractivity contribution in [3.63, 3.8) is 0 Å². The number of hydrogen-bond donors (Lipinski definition) is 2. The van der Waals surface area contributed by atoms with Gasteiger partial charge in [0.2, 0.25) is 5.91 Å². The summed E-state index contributed by atoms with van der Waals surface area (Å²) in [7, 11) is 1.52. The summed E-state index contributed by atoms with van der Waals surface area (Å²) < 4.78 is 5.19. The van der Waals surface area contributed by atoms with Crippen LogP contribution in [0.3, 0.4) is 0 Å². The van der Waals surface area contributed by atoms with Gasteiger partial charge < -0.3 is 15.4 Å². The lowest BCUT2D eigenvalue weighted by molar-refractivity contribution is -0.121. The predicted octanol–water partition coefficient (Wildman–Crippen LogP) is 3.85. The van der Waals surface area contributed by atoms with Gasteiger partial charge in [0.1, 0.15) is 5.75 Å². The molecule has 0 aliphatic carbocycles. The molecule has 2 amide bonds. The van der Waals surface area contributed by atoms with Gasteiger partial charge in [-0.1, -0.05) is 48.5 Å². The van der Waals surface area contributed by atoms with E-state index in [1.807, 2.05) is 25.1 Å². The zero-order valence-corrected chi connectivity index (χ0v) is 16.1. The van der Waals surface area contributed by atoms with E-state index in [1.165, 1.54) is 12.5 Å². The highest BCUT2D eigenvalue weighted by Gasteiger charge is 2.13. The van der Waals surface area contributed by atoms with Gasteiger partial charge in [-0.3, -0.25) is 9.59 Å². The smallest absolute Gasteiger partial charge is 0.255 e. The Morgan fingerprint density at radius 1 is 0.964 bits per heavy atom. The van der Waals surface area contributed by atoms with E-state index in [-0.39, 0.29) is 30.8 Å². The summed E-state index contributed by atoms with van der Waals surface area (Å²) in [6.45, 7) is 2.21. The Labute approximate surface area is 164 Å². The Bertz CT molecular complexity index is 984. The van der Waals surface area contributed by atoms with Crippen molar-refractivity contribution in [1.29, 1.82) is 0 Å². The molecule has 3 rings (SSSR count). The summed E-state index contributed by atoms with van der Waals surface area (Å²) in [6.07, 6.45) is 0.207. The van der Waals surface area contributed by atoms with Crippen LogP contribution in [0.5, 0.6) is 5.75 Å². The van der Waals surface area contributed by atoms with Crippen LogP contribution in [0, 0.1) is 0 Å². The first kappa shape index (κ1) is 19.4. The van der Waals surface area contributed by atoms with Gasteiger partial charge in [0.15, 0.2) is 0 Å². The maximum atomic E-state index is 12.3. The summed E-state index contributed by atoms with van der Waals surface area (Å²) in [4.78, 5) is 24.5. The molecule has 1 atom stereocenters. The molecule has 0 radical (unpaired) electrons. The minimum atomic E-state index is -0.257. The third kappa shape index (κ3) is 4.68. The molecular weight excluding hydrogens is 352 g/mol. The fourth-order valence-electron chi connectivity index (χ4n) is 3.09. The second-order valence-corrected chi connectivity index (χ2v) is 6.60. The molecule has 0 aliphatic rings. The number of benzene rings is 3. The van der Waals surface area contributed by atoms with Crippen LogP contribution in [-0.4, -0.2) is 25.5 Å². The lowest BCUT2D eigenvalue weighted by atomic mass is 10.0. The Kier molecular flexibility index (Phi) is 6.27. The van der Waals surface area contributed by atoms with Crippen LogP contribution < -0.4 is 15.4 Å². The third-order valence-electron chi connectivity index (χ3n) is 4.64. The van der Waals surface area contributed by atoms with Crippen molar-refractivity contribution in [2.24, 2.45) is 0 Å². The van der Waals surface area contributed by atoms with Crippen LogP contribution >= 0.6 is 0 Å². The summed E-state index contributed by atoms with van der Waals surface area (Å²) in [5.41, 5.74) is 1.50. The number of nitrogens with one attached hydrogen (secondary N) is 2. The molecule has 0 bridgehead atoms. The van der Waals surface area contributed by atoms with Gasteiger partial charge in [-0.15, -0.1) is 0 Å². The molecule has 0 aromatic heterocycles. The van der Waals surface area contributed by atoms with Crippen LogP contribution in [0.4, 0.5) is 0 Å². The number of carbonyl (C=O) groups is 2. The minimum absolute atomic E-state index is 0.109. The fourth-order valence-corrected chi connectivity index (χ4v) is 3.09. The SMILES string of the molecule is COc1ccccc1C(=O)NCCC(=O)NC(C)c1ccc2ccccc2c1. The van der Waals surface area contributed by atoms with Gasteiger partial charge in [-0.05, 0) is 41.5 Å². The molecule has 0 aliphatic heterocycles. The normalized spacial score (nSPS) is 11.6. The van der Waals surface area contributed by atoms with Crippen molar-refractivity contribution in [2.45, 2.75) is 19.4 Å². The standard InChI is InChI=1S/C23H24N2O3/c1-16(18-12-11-17-7-3-4-8-19(17)15-18)25-22(26)13-14-24-23(27)20-9-5-6-10-21(20)28-2/h3-12,15-16H,13-14H2,1-2H3,(H,24,27)(H,25,26). The number of para-hydroxylation sites is 1. The first-order valence-electron chi connectivity index (χ1n) is 9.28. The number of hydrogen-bond acceptors (Lipinski definition) is 3. The topological polar surface area (TPSA) is 67.4 Å². The van der Waals surface area contributed by atoms with Crippen LogP contribution in [-0.2, 0) is 4.79 Å². The van der Waals surface area contributed by atoms with Crippen LogP contribution in [0.25, 0.3) is 10.8 Å². The summed E-state index contributed by atoms with van der Waals surface area (Å²) in [5.74, 6) is 0.142.